The summed E-state index contributed by atoms with van der Waals surface area (Å²) in [4.78, 5) is 16.1. The lowest BCUT2D eigenvalue weighted by atomic mass is 10.1. The van der Waals surface area contributed by atoms with Crippen molar-refractivity contribution >= 4 is 11.6 Å². The highest BCUT2D eigenvalue weighted by Crippen LogP contribution is 2.17. The van der Waals surface area contributed by atoms with E-state index in [1.54, 1.807) is 6.20 Å². The summed E-state index contributed by atoms with van der Waals surface area (Å²) in [5, 5.41) is 2.92. The van der Waals surface area contributed by atoms with E-state index in [2.05, 4.69) is 10.3 Å². The summed E-state index contributed by atoms with van der Waals surface area (Å²) in [5.74, 6) is 0.801. The Bertz CT molecular complexity index is 803. The van der Waals surface area contributed by atoms with Crippen molar-refractivity contribution in [1.29, 1.82) is 0 Å². The van der Waals surface area contributed by atoms with Crippen LogP contribution in [0.25, 0.3) is 0 Å². The van der Waals surface area contributed by atoms with Gasteiger partial charge in [-0.2, -0.15) is 0 Å². The van der Waals surface area contributed by atoms with Crippen molar-refractivity contribution < 1.29 is 9.53 Å². The van der Waals surface area contributed by atoms with Gasteiger partial charge < -0.3 is 10.1 Å². The maximum absolute atomic E-state index is 12.0. The Morgan fingerprint density at radius 1 is 0.923 bits per heavy atom. The van der Waals surface area contributed by atoms with Crippen LogP contribution in [0.4, 0.5) is 5.69 Å². The summed E-state index contributed by atoms with van der Waals surface area (Å²) in [6.07, 6.45) is 5.74. The van der Waals surface area contributed by atoms with Crippen molar-refractivity contribution in [3.63, 3.8) is 0 Å². The molecule has 1 N–H and O–H groups in total. The molecule has 0 saturated heterocycles. The van der Waals surface area contributed by atoms with Gasteiger partial charge in [-0.1, -0.05) is 36.4 Å². The monoisotopic (exact) mass is 346 g/mol. The molecule has 0 radical (unpaired) electrons. The molecule has 0 saturated carbocycles. The zero-order chi connectivity index (χ0) is 18.0. The normalized spacial score (nSPS) is 10.3. The third-order valence-electron chi connectivity index (χ3n) is 3.98. The molecular formula is C22H22N2O2. The van der Waals surface area contributed by atoms with Crippen molar-refractivity contribution in [1.82, 2.24) is 4.98 Å². The fourth-order valence-corrected chi connectivity index (χ4v) is 2.60. The van der Waals surface area contributed by atoms with Crippen LogP contribution in [0.15, 0.2) is 79.1 Å². The van der Waals surface area contributed by atoms with Gasteiger partial charge in [0, 0.05) is 24.5 Å². The van der Waals surface area contributed by atoms with E-state index >= 15 is 0 Å². The van der Waals surface area contributed by atoms with E-state index in [4.69, 9.17) is 4.74 Å². The molecule has 132 valence electrons. The average Bonchev–Trinajstić information content (AvgIpc) is 2.69. The fourth-order valence-electron chi connectivity index (χ4n) is 2.60. The lowest BCUT2D eigenvalue weighted by Gasteiger charge is -2.08. The molecule has 0 aliphatic carbocycles. The molecular weight excluding hydrogens is 324 g/mol. The van der Waals surface area contributed by atoms with Gasteiger partial charge in [0.15, 0.2) is 0 Å². The predicted octanol–water partition coefficient (Wildman–Crippen LogP) is 4.62. The van der Waals surface area contributed by atoms with Crippen molar-refractivity contribution in [2.45, 2.75) is 25.9 Å². The minimum Gasteiger partial charge on any atom is -0.489 e. The number of aromatic nitrogens is 1. The van der Waals surface area contributed by atoms with Crippen LogP contribution < -0.4 is 10.1 Å². The first-order valence-electron chi connectivity index (χ1n) is 8.75. The second kappa shape index (κ2) is 9.37. The van der Waals surface area contributed by atoms with E-state index in [1.807, 2.05) is 72.9 Å². The molecule has 0 atom stereocenters. The summed E-state index contributed by atoms with van der Waals surface area (Å²) in [6, 6.07) is 21.4. The smallest absolute Gasteiger partial charge is 0.224 e. The number of hydrogen-bond donors (Lipinski definition) is 1. The van der Waals surface area contributed by atoms with Gasteiger partial charge in [-0.25, -0.2) is 0 Å². The number of amides is 1. The summed E-state index contributed by atoms with van der Waals surface area (Å²) in [7, 11) is 0. The number of hydrogen-bond acceptors (Lipinski definition) is 3. The maximum atomic E-state index is 12.0. The van der Waals surface area contributed by atoms with Gasteiger partial charge in [0.05, 0.1) is 0 Å². The number of carbonyl (C=O) groups excluding carboxylic acids is 1. The number of pyridine rings is 1. The molecule has 0 aliphatic heterocycles. The average molecular weight is 346 g/mol. The van der Waals surface area contributed by atoms with Crippen LogP contribution in [0.5, 0.6) is 5.75 Å². The molecule has 26 heavy (non-hydrogen) atoms. The summed E-state index contributed by atoms with van der Waals surface area (Å²) >= 11 is 0. The van der Waals surface area contributed by atoms with Gasteiger partial charge >= 0.3 is 0 Å². The van der Waals surface area contributed by atoms with Crippen LogP contribution in [0, 0.1) is 0 Å². The number of benzene rings is 2. The Balaban J connectivity index is 1.41. The number of nitrogens with one attached hydrogen (secondary N) is 1. The van der Waals surface area contributed by atoms with E-state index in [-0.39, 0.29) is 5.91 Å². The van der Waals surface area contributed by atoms with Gasteiger partial charge in [-0.05, 0) is 54.3 Å². The summed E-state index contributed by atoms with van der Waals surface area (Å²) < 4.78 is 5.75. The Labute approximate surface area is 153 Å². The van der Waals surface area contributed by atoms with Gasteiger partial charge in [-0.3, -0.25) is 9.78 Å². The van der Waals surface area contributed by atoms with E-state index in [1.165, 1.54) is 0 Å². The highest BCUT2D eigenvalue weighted by Gasteiger charge is 2.03. The standard InChI is InChI=1S/C22H22N2O2/c25-22(10-4-8-18-9-5-15-23-16-18)24-20-11-13-21(14-12-20)26-17-19-6-2-1-3-7-19/h1-3,5-7,9,11-16H,4,8,10,17H2,(H,24,25). The first-order valence-corrected chi connectivity index (χ1v) is 8.75. The number of aryl methyl sites for hydroxylation is 1. The van der Waals surface area contributed by atoms with Gasteiger partial charge in [0.25, 0.3) is 0 Å². The second-order valence-electron chi connectivity index (χ2n) is 6.06. The molecule has 0 fully saturated rings. The fraction of sp³-hybridized carbons (Fsp3) is 0.182. The second-order valence-corrected chi connectivity index (χ2v) is 6.06. The van der Waals surface area contributed by atoms with Crippen LogP contribution in [0.1, 0.15) is 24.0 Å². The Hall–Kier alpha value is -3.14. The lowest BCUT2D eigenvalue weighted by Crippen LogP contribution is -2.11. The molecule has 0 bridgehead atoms. The predicted molar refractivity (Wildman–Crippen MR) is 103 cm³/mol. The van der Waals surface area contributed by atoms with Crippen LogP contribution in [-0.2, 0) is 17.8 Å². The topological polar surface area (TPSA) is 51.2 Å². The highest BCUT2D eigenvalue weighted by molar-refractivity contribution is 5.90. The minimum absolute atomic E-state index is 0.0202. The van der Waals surface area contributed by atoms with Crippen LogP contribution in [0.3, 0.4) is 0 Å². The van der Waals surface area contributed by atoms with Crippen LogP contribution >= 0.6 is 0 Å². The van der Waals surface area contributed by atoms with Crippen LogP contribution in [0.2, 0.25) is 0 Å². The Kier molecular flexibility index (Phi) is 6.37. The Morgan fingerprint density at radius 3 is 2.42 bits per heavy atom. The number of rotatable bonds is 8. The molecule has 4 heteroatoms. The van der Waals surface area contributed by atoms with Crippen molar-refractivity contribution in [3.05, 3.63) is 90.3 Å². The molecule has 1 aromatic heterocycles. The van der Waals surface area contributed by atoms with Crippen molar-refractivity contribution in [3.8, 4) is 5.75 Å². The zero-order valence-corrected chi connectivity index (χ0v) is 14.6. The SMILES string of the molecule is O=C(CCCc1cccnc1)Nc1ccc(OCc2ccccc2)cc1. The molecule has 0 spiro atoms. The molecule has 2 aromatic carbocycles. The lowest BCUT2D eigenvalue weighted by molar-refractivity contribution is -0.116. The number of nitrogens with zero attached hydrogens (tertiary/aromatic N) is 1. The van der Waals surface area contributed by atoms with Gasteiger partial charge in [0.1, 0.15) is 12.4 Å². The van der Waals surface area contributed by atoms with Crippen molar-refractivity contribution in [2.75, 3.05) is 5.32 Å². The van der Waals surface area contributed by atoms with Gasteiger partial charge in [-0.15, -0.1) is 0 Å². The summed E-state index contributed by atoms with van der Waals surface area (Å²) in [5.41, 5.74) is 3.06. The van der Waals surface area contributed by atoms with E-state index in [9.17, 15) is 4.79 Å². The number of ether oxygens (including phenoxy) is 1. The maximum Gasteiger partial charge on any atom is 0.224 e. The number of anilines is 1. The molecule has 4 nitrogen and oxygen atoms in total. The quantitative estimate of drug-likeness (QED) is 0.647. The van der Waals surface area contributed by atoms with E-state index < -0.39 is 0 Å². The third-order valence-corrected chi connectivity index (χ3v) is 3.98. The zero-order valence-electron chi connectivity index (χ0n) is 14.6. The molecule has 3 aromatic rings. The van der Waals surface area contributed by atoms with E-state index in [0.717, 1.165) is 35.4 Å². The molecule has 1 amide bonds. The third kappa shape index (κ3) is 5.74. The molecule has 0 unspecified atom stereocenters. The highest BCUT2D eigenvalue weighted by atomic mass is 16.5. The summed E-state index contributed by atoms with van der Waals surface area (Å²) in [6.45, 7) is 0.529. The van der Waals surface area contributed by atoms with E-state index in [0.29, 0.717) is 13.0 Å². The molecule has 3 rings (SSSR count). The first kappa shape index (κ1) is 17.7. The number of carbonyl (C=O) groups is 1. The molecule has 0 aliphatic rings. The molecule has 1 heterocycles. The first-order chi connectivity index (χ1) is 12.8. The van der Waals surface area contributed by atoms with Crippen molar-refractivity contribution in [2.24, 2.45) is 0 Å². The minimum atomic E-state index is 0.0202. The Morgan fingerprint density at radius 2 is 1.69 bits per heavy atom. The largest absolute Gasteiger partial charge is 0.489 e. The van der Waals surface area contributed by atoms with Gasteiger partial charge in [0.2, 0.25) is 5.91 Å². The van der Waals surface area contributed by atoms with Crippen LogP contribution in [-0.4, -0.2) is 10.9 Å².